The van der Waals surface area contributed by atoms with Gasteiger partial charge in [-0.3, -0.25) is 9.59 Å². The molecule has 3 atom stereocenters. The number of amides is 3. The van der Waals surface area contributed by atoms with E-state index in [-0.39, 0.29) is 17.7 Å². The van der Waals surface area contributed by atoms with Gasteiger partial charge in [-0.25, -0.2) is 4.79 Å². The number of hydrogen-bond acceptors (Lipinski definition) is 4. The van der Waals surface area contributed by atoms with Crippen LogP contribution in [0.25, 0.3) is 0 Å². The van der Waals surface area contributed by atoms with Crippen LogP contribution in [0.3, 0.4) is 0 Å². The number of hydrogen-bond donors (Lipinski definition) is 2. The minimum Gasteiger partial charge on any atom is -0.444 e. The van der Waals surface area contributed by atoms with E-state index < -0.39 is 29.3 Å². The van der Waals surface area contributed by atoms with Gasteiger partial charge >= 0.3 is 6.09 Å². The van der Waals surface area contributed by atoms with Gasteiger partial charge in [-0.2, -0.15) is 0 Å². The molecule has 2 rings (SSSR count). The first-order valence-corrected chi connectivity index (χ1v) is 14.1. The van der Waals surface area contributed by atoms with Crippen LogP contribution in [0.1, 0.15) is 95.7 Å². The minimum absolute atomic E-state index is 0.202. The normalized spacial score (nSPS) is 14.1. The molecule has 0 aromatic heterocycles. The predicted molar refractivity (Wildman–Crippen MR) is 162 cm³/mol. The molecule has 3 unspecified atom stereocenters. The summed E-state index contributed by atoms with van der Waals surface area (Å²) in [4.78, 5) is 43.3. The molecule has 0 aliphatic carbocycles. The van der Waals surface area contributed by atoms with E-state index in [4.69, 9.17) is 4.74 Å². The Bertz CT molecular complexity index is 1200. The lowest BCUT2D eigenvalue weighted by atomic mass is 9.90. The summed E-state index contributed by atoms with van der Waals surface area (Å²) in [6.07, 6.45) is -0.0180. The number of anilines is 1. The zero-order valence-corrected chi connectivity index (χ0v) is 26.5. The fourth-order valence-electron chi connectivity index (χ4n) is 4.85. The SMILES string of the molecule is CCC(C)C(NC(=O)OC(C)(C)C)C(=O)N(C(C(=O)Nc1c(C)cccc1C)c1ccc(C)cc1C)C(C)(C)C. The quantitative estimate of drug-likeness (QED) is 0.364. The third-order valence-electron chi connectivity index (χ3n) is 7.07. The molecule has 0 radical (unpaired) electrons. The van der Waals surface area contributed by atoms with Crippen molar-refractivity contribution in [3.8, 4) is 0 Å². The van der Waals surface area contributed by atoms with Crippen molar-refractivity contribution in [1.29, 1.82) is 0 Å². The van der Waals surface area contributed by atoms with Gasteiger partial charge in [0.15, 0.2) is 0 Å². The third-order valence-corrected chi connectivity index (χ3v) is 7.07. The number of carbonyl (C=O) groups excluding carboxylic acids is 3. The Kier molecular flexibility index (Phi) is 10.6. The van der Waals surface area contributed by atoms with Crippen LogP contribution >= 0.6 is 0 Å². The number of carbonyl (C=O) groups is 3. The van der Waals surface area contributed by atoms with E-state index in [0.717, 1.165) is 33.5 Å². The second-order valence-electron chi connectivity index (χ2n) is 12.9. The highest BCUT2D eigenvalue weighted by atomic mass is 16.6. The van der Waals surface area contributed by atoms with Gasteiger partial charge in [0.2, 0.25) is 5.91 Å². The Morgan fingerprint density at radius 3 is 1.95 bits per heavy atom. The van der Waals surface area contributed by atoms with Crippen LogP contribution in [-0.4, -0.2) is 40.0 Å². The second kappa shape index (κ2) is 12.9. The van der Waals surface area contributed by atoms with E-state index in [1.165, 1.54) is 0 Å². The second-order valence-corrected chi connectivity index (χ2v) is 12.9. The number of nitrogens with zero attached hydrogens (tertiary/aromatic N) is 1. The number of para-hydroxylation sites is 1. The summed E-state index contributed by atoms with van der Waals surface area (Å²) in [5.41, 5.74) is 3.82. The Morgan fingerprint density at radius 1 is 0.900 bits per heavy atom. The number of nitrogens with one attached hydrogen (secondary N) is 2. The molecule has 40 heavy (non-hydrogen) atoms. The topological polar surface area (TPSA) is 87.7 Å². The van der Waals surface area contributed by atoms with E-state index in [1.807, 2.05) is 98.7 Å². The van der Waals surface area contributed by atoms with Gasteiger partial charge in [-0.15, -0.1) is 0 Å². The van der Waals surface area contributed by atoms with Gasteiger partial charge in [0.25, 0.3) is 5.91 Å². The lowest BCUT2D eigenvalue weighted by Crippen LogP contribution is -2.59. The highest BCUT2D eigenvalue weighted by Gasteiger charge is 2.43. The Balaban J connectivity index is 2.70. The van der Waals surface area contributed by atoms with E-state index in [2.05, 4.69) is 10.6 Å². The zero-order chi connectivity index (χ0) is 30.6. The van der Waals surface area contributed by atoms with Crippen molar-refractivity contribution in [3.05, 3.63) is 64.2 Å². The Labute approximate surface area is 241 Å². The van der Waals surface area contributed by atoms with Crippen molar-refractivity contribution in [2.75, 3.05) is 5.32 Å². The average molecular weight is 552 g/mol. The molecule has 2 aromatic carbocycles. The van der Waals surface area contributed by atoms with Crippen LogP contribution in [0, 0.1) is 33.6 Å². The van der Waals surface area contributed by atoms with Crippen LogP contribution in [0.4, 0.5) is 10.5 Å². The molecule has 7 heteroatoms. The predicted octanol–water partition coefficient (Wildman–Crippen LogP) is 7.17. The molecule has 7 nitrogen and oxygen atoms in total. The maximum absolute atomic E-state index is 14.6. The molecular formula is C33H49N3O4. The van der Waals surface area contributed by atoms with E-state index in [0.29, 0.717) is 6.42 Å². The van der Waals surface area contributed by atoms with Gasteiger partial charge in [0.1, 0.15) is 17.7 Å². The molecule has 2 aromatic rings. The summed E-state index contributed by atoms with van der Waals surface area (Å²) in [6, 6.07) is 9.91. The van der Waals surface area contributed by atoms with Crippen LogP contribution in [-0.2, 0) is 14.3 Å². The monoisotopic (exact) mass is 551 g/mol. The Hall–Kier alpha value is -3.35. The minimum atomic E-state index is -0.945. The fourth-order valence-corrected chi connectivity index (χ4v) is 4.85. The van der Waals surface area contributed by atoms with Gasteiger partial charge in [0, 0.05) is 11.2 Å². The molecule has 2 N–H and O–H groups in total. The first-order chi connectivity index (χ1) is 18.4. The number of rotatable bonds is 8. The van der Waals surface area contributed by atoms with Crippen molar-refractivity contribution >= 4 is 23.6 Å². The molecule has 0 bridgehead atoms. The molecular weight excluding hydrogens is 502 g/mol. The summed E-state index contributed by atoms with van der Waals surface area (Å²) >= 11 is 0. The van der Waals surface area contributed by atoms with Crippen molar-refractivity contribution in [2.24, 2.45) is 5.92 Å². The largest absolute Gasteiger partial charge is 0.444 e. The van der Waals surface area contributed by atoms with Gasteiger partial charge in [-0.1, -0.05) is 62.2 Å². The molecule has 0 aliphatic heterocycles. The molecule has 0 heterocycles. The maximum Gasteiger partial charge on any atom is 0.408 e. The Morgan fingerprint density at radius 2 is 1.48 bits per heavy atom. The fraction of sp³-hybridized carbons (Fsp3) is 0.545. The van der Waals surface area contributed by atoms with Gasteiger partial charge in [0.05, 0.1) is 0 Å². The van der Waals surface area contributed by atoms with Crippen LogP contribution in [0.5, 0.6) is 0 Å². The molecule has 0 saturated heterocycles. The van der Waals surface area contributed by atoms with Crippen molar-refractivity contribution in [3.63, 3.8) is 0 Å². The summed E-state index contributed by atoms with van der Waals surface area (Å²) < 4.78 is 5.51. The third kappa shape index (κ3) is 8.33. The van der Waals surface area contributed by atoms with E-state index in [1.54, 1.807) is 25.7 Å². The van der Waals surface area contributed by atoms with E-state index >= 15 is 0 Å². The summed E-state index contributed by atoms with van der Waals surface area (Å²) in [5.74, 6) is -0.853. The lowest BCUT2D eigenvalue weighted by Gasteiger charge is -2.44. The highest BCUT2D eigenvalue weighted by molar-refractivity contribution is 6.00. The molecule has 0 fully saturated rings. The van der Waals surface area contributed by atoms with Gasteiger partial charge < -0.3 is 20.3 Å². The van der Waals surface area contributed by atoms with Crippen molar-refractivity contribution < 1.29 is 19.1 Å². The first kappa shape index (κ1) is 32.9. The molecule has 220 valence electrons. The number of alkyl carbamates (subject to hydrolysis) is 1. The van der Waals surface area contributed by atoms with Crippen LogP contribution < -0.4 is 10.6 Å². The number of aryl methyl sites for hydroxylation is 4. The summed E-state index contributed by atoms with van der Waals surface area (Å²) in [5, 5.41) is 5.96. The highest BCUT2D eigenvalue weighted by Crippen LogP contribution is 2.34. The molecule has 0 aliphatic rings. The summed E-state index contributed by atoms with van der Waals surface area (Å²) in [7, 11) is 0. The number of ether oxygens (including phenoxy) is 1. The zero-order valence-electron chi connectivity index (χ0n) is 26.5. The molecule has 3 amide bonds. The summed E-state index contributed by atoms with van der Waals surface area (Å²) in [6.45, 7) is 22.8. The number of benzene rings is 2. The molecule has 0 saturated carbocycles. The van der Waals surface area contributed by atoms with Crippen molar-refractivity contribution in [2.45, 2.75) is 113 Å². The van der Waals surface area contributed by atoms with Crippen molar-refractivity contribution in [1.82, 2.24) is 10.2 Å². The van der Waals surface area contributed by atoms with Gasteiger partial charge in [-0.05, 0) is 97.4 Å². The smallest absolute Gasteiger partial charge is 0.408 e. The standard InChI is InChI=1S/C33H49N3O4/c1-13-21(3)27(35-31(39)40-33(10,11)12)30(38)36(32(7,8)9)28(25-18-17-20(2)19-24(25)6)29(37)34-26-22(4)15-14-16-23(26)5/h14-19,21,27-28H,13H2,1-12H3,(H,34,37)(H,35,39). The van der Waals surface area contributed by atoms with Crippen LogP contribution in [0.15, 0.2) is 36.4 Å². The van der Waals surface area contributed by atoms with Crippen LogP contribution in [0.2, 0.25) is 0 Å². The first-order valence-electron chi connectivity index (χ1n) is 14.1. The maximum atomic E-state index is 14.6. The lowest BCUT2D eigenvalue weighted by molar-refractivity contribution is -0.148. The molecule has 0 spiro atoms. The van der Waals surface area contributed by atoms with E-state index in [9.17, 15) is 14.4 Å². The average Bonchev–Trinajstić information content (AvgIpc) is 2.81.